The zero-order chi connectivity index (χ0) is 20.7. The Labute approximate surface area is 170 Å². The summed E-state index contributed by atoms with van der Waals surface area (Å²) in [5, 5.41) is 0.624. The number of hydrogen-bond donors (Lipinski definition) is 0. The van der Waals surface area contributed by atoms with E-state index in [2.05, 4.69) is 18.7 Å². The van der Waals surface area contributed by atoms with E-state index in [9.17, 15) is 9.18 Å². The predicted octanol–water partition coefficient (Wildman–Crippen LogP) is 4.74. The molecule has 0 fully saturated rings. The summed E-state index contributed by atoms with van der Waals surface area (Å²) >= 11 is 1.45. The number of methoxy groups -OCH3 is 1. The van der Waals surface area contributed by atoms with Crippen LogP contribution in [0.5, 0.6) is 0 Å². The number of anilines is 1. The van der Waals surface area contributed by atoms with E-state index >= 15 is 0 Å². The molecule has 1 aromatic carbocycles. The van der Waals surface area contributed by atoms with Gasteiger partial charge in [-0.3, -0.25) is 0 Å². The van der Waals surface area contributed by atoms with Crippen LogP contribution in [-0.2, 0) is 9.53 Å². The van der Waals surface area contributed by atoms with E-state index in [0.29, 0.717) is 16.4 Å². The van der Waals surface area contributed by atoms with Crippen LogP contribution in [0.25, 0.3) is 17.3 Å². The molecule has 0 aliphatic carbocycles. The molecule has 0 aliphatic heterocycles. The third-order valence-electron chi connectivity index (χ3n) is 4.29. The first-order valence-electron chi connectivity index (χ1n) is 9.18. The van der Waals surface area contributed by atoms with Gasteiger partial charge in [0.25, 0.3) is 0 Å². The van der Waals surface area contributed by atoms with Gasteiger partial charge in [0.05, 0.1) is 12.8 Å². The molecule has 2 rings (SSSR count). The van der Waals surface area contributed by atoms with Gasteiger partial charge in [-0.05, 0) is 56.4 Å². The summed E-state index contributed by atoms with van der Waals surface area (Å²) in [6, 6.07) is 4.61. The quantitative estimate of drug-likeness (QED) is 0.275. The largest absolute Gasteiger partial charge is 0.466 e. The van der Waals surface area contributed by atoms with Gasteiger partial charge in [0, 0.05) is 30.3 Å². The number of carbonyl (C=O) groups is 1. The third-order valence-corrected chi connectivity index (χ3v) is 4.84. The van der Waals surface area contributed by atoms with Crippen molar-refractivity contribution in [3.63, 3.8) is 0 Å². The highest BCUT2D eigenvalue weighted by atomic mass is 32.2. The highest BCUT2D eigenvalue weighted by Crippen LogP contribution is 2.34. The highest BCUT2D eigenvalue weighted by Gasteiger charge is 2.19. The second-order valence-electron chi connectivity index (χ2n) is 6.19. The fourth-order valence-electron chi connectivity index (χ4n) is 2.92. The zero-order valence-corrected chi connectivity index (χ0v) is 17.8. The summed E-state index contributed by atoms with van der Waals surface area (Å²) in [5.41, 5.74) is 2.95. The zero-order valence-electron chi connectivity index (χ0n) is 17.0. The van der Waals surface area contributed by atoms with E-state index in [1.54, 1.807) is 12.1 Å². The average molecular weight is 404 g/mol. The molecule has 0 spiro atoms. The molecule has 0 aliphatic rings. The molecule has 0 atom stereocenters. The van der Waals surface area contributed by atoms with Crippen molar-refractivity contribution >= 4 is 29.6 Å². The highest BCUT2D eigenvalue weighted by molar-refractivity contribution is 7.98. The van der Waals surface area contributed by atoms with E-state index in [1.165, 1.54) is 37.1 Å². The predicted molar refractivity (Wildman–Crippen MR) is 113 cm³/mol. The maximum Gasteiger partial charge on any atom is 0.330 e. The smallest absolute Gasteiger partial charge is 0.330 e. The Morgan fingerprint density at radius 2 is 2.07 bits per heavy atom. The van der Waals surface area contributed by atoms with Crippen LogP contribution in [-0.4, -0.2) is 42.4 Å². The maximum absolute atomic E-state index is 13.7. The number of aryl methyl sites for hydroxylation is 1. The fourth-order valence-corrected chi connectivity index (χ4v) is 3.28. The second-order valence-corrected chi connectivity index (χ2v) is 6.96. The van der Waals surface area contributed by atoms with Crippen molar-refractivity contribution in [2.75, 3.05) is 31.4 Å². The van der Waals surface area contributed by atoms with Gasteiger partial charge >= 0.3 is 5.97 Å². The molecule has 150 valence electrons. The average Bonchev–Trinajstić information content (AvgIpc) is 2.69. The number of esters is 1. The first-order chi connectivity index (χ1) is 13.4. The Morgan fingerprint density at radius 1 is 1.32 bits per heavy atom. The van der Waals surface area contributed by atoms with Crippen molar-refractivity contribution in [2.24, 2.45) is 0 Å². The van der Waals surface area contributed by atoms with Crippen LogP contribution in [0.1, 0.15) is 31.4 Å². The van der Waals surface area contributed by atoms with Gasteiger partial charge in [0.1, 0.15) is 11.6 Å². The van der Waals surface area contributed by atoms with Crippen molar-refractivity contribution in [2.45, 2.75) is 32.3 Å². The van der Waals surface area contributed by atoms with Crippen molar-refractivity contribution in [1.29, 1.82) is 0 Å². The molecule has 0 amide bonds. The third kappa shape index (κ3) is 5.10. The number of hydrogen-bond acceptors (Lipinski definition) is 6. The Bertz CT molecular complexity index is 871. The number of halogens is 1. The lowest BCUT2D eigenvalue weighted by atomic mass is 10.0. The lowest BCUT2D eigenvalue weighted by molar-refractivity contribution is -0.134. The number of benzene rings is 1. The van der Waals surface area contributed by atoms with Crippen molar-refractivity contribution in [3.05, 3.63) is 41.2 Å². The summed E-state index contributed by atoms with van der Waals surface area (Å²) in [6.45, 7) is 7.60. The molecule has 0 N–H and O–H groups in total. The molecule has 0 radical (unpaired) electrons. The lowest BCUT2D eigenvalue weighted by Crippen LogP contribution is -2.26. The normalized spacial score (nSPS) is 11.1. The monoisotopic (exact) mass is 403 g/mol. The van der Waals surface area contributed by atoms with Crippen LogP contribution in [0, 0.1) is 12.7 Å². The molecule has 0 saturated heterocycles. The van der Waals surface area contributed by atoms with E-state index < -0.39 is 5.97 Å². The molecule has 2 aromatic rings. The minimum Gasteiger partial charge on any atom is -0.466 e. The second kappa shape index (κ2) is 10.2. The molecule has 1 aromatic heterocycles. The number of nitrogens with zero attached hydrogens (tertiary/aromatic N) is 3. The summed E-state index contributed by atoms with van der Waals surface area (Å²) < 4.78 is 18.4. The molecular weight excluding hydrogens is 377 g/mol. The van der Waals surface area contributed by atoms with Crippen LogP contribution in [0.4, 0.5) is 10.2 Å². The molecular formula is C21H26FN3O2S. The summed E-state index contributed by atoms with van der Waals surface area (Å²) in [5.74, 6) is -0.00349. The molecule has 0 bridgehead atoms. The topological polar surface area (TPSA) is 55.3 Å². The van der Waals surface area contributed by atoms with Gasteiger partial charge in [-0.1, -0.05) is 18.7 Å². The number of carbonyl (C=O) groups excluding carboxylic acids is 1. The Kier molecular flexibility index (Phi) is 7.99. The van der Waals surface area contributed by atoms with Crippen LogP contribution < -0.4 is 4.90 Å². The van der Waals surface area contributed by atoms with E-state index in [1.807, 2.05) is 13.2 Å². The first kappa shape index (κ1) is 21.9. The number of ether oxygens (including phenoxy) is 1. The summed E-state index contributed by atoms with van der Waals surface area (Å²) in [4.78, 5) is 23.3. The first-order valence-corrected chi connectivity index (χ1v) is 10.4. The van der Waals surface area contributed by atoms with Gasteiger partial charge in [-0.15, -0.1) is 0 Å². The fraction of sp³-hybridized carbons (Fsp3) is 0.381. The molecule has 5 nitrogen and oxygen atoms in total. The number of rotatable bonds is 8. The molecule has 0 saturated carbocycles. The minimum absolute atomic E-state index is 0.298. The van der Waals surface area contributed by atoms with Crippen LogP contribution >= 0.6 is 11.8 Å². The van der Waals surface area contributed by atoms with Gasteiger partial charge < -0.3 is 9.64 Å². The van der Waals surface area contributed by atoms with Crippen molar-refractivity contribution in [3.8, 4) is 11.3 Å². The van der Waals surface area contributed by atoms with Crippen molar-refractivity contribution in [1.82, 2.24) is 9.97 Å². The molecule has 7 heteroatoms. The Morgan fingerprint density at radius 3 is 2.64 bits per heavy atom. The maximum atomic E-state index is 13.7. The molecule has 0 unspecified atom stereocenters. The molecule has 28 heavy (non-hydrogen) atoms. The van der Waals surface area contributed by atoms with Crippen LogP contribution in [0.15, 0.2) is 29.4 Å². The van der Waals surface area contributed by atoms with E-state index in [4.69, 9.17) is 14.7 Å². The van der Waals surface area contributed by atoms with Gasteiger partial charge in [0.2, 0.25) is 0 Å². The van der Waals surface area contributed by atoms with E-state index in [-0.39, 0.29) is 5.82 Å². The SMILES string of the molecule is CCCN(CC)c1nc(SC)nc(-c2ccc(F)cc2C)c1/C=C/C(=O)OC. The summed E-state index contributed by atoms with van der Waals surface area (Å²) in [6.07, 6.45) is 5.92. The lowest BCUT2D eigenvalue weighted by Gasteiger charge is -2.25. The Hall–Kier alpha value is -2.41. The van der Waals surface area contributed by atoms with Crippen molar-refractivity contribution < 1.29 is 13.9 Å². The summed E-state index contributed by atoms with van der Waals surface area (Å²) in [7, 11) is 1.33. The number of aromatic nitrogens is 2. The van der Waals surface area contributed by atoms with E-state index in [0.717, 1.165) is 36.5 Å². The minimum atomic E-state index is -0.458. The van der Waals surface area contributed by atoms with Crippen LogP contribution in [0.3, 0.4) is 0 Å². The van der Waals surface area contributed by atoms with Gasteiger partial charge in [0.15, 0.2) is 5.16 Å². The van der Waals surface area contributed by atoms with Gasteiger partial charge in [-0.2, -0.15) is 0 Å². The Balaban J connectivity index is 2.79. The standard InChI is InChI=1S/C21H26FN3O2S/c1-6-12-25(7-2)20-17(10-11-18(26)27-4)19(23-21(24-20)28-5)16-9-8-15(22)13-14(16)3/h8-11,13H,6-7,12H2,1-5H3/b11-10+. The van der Waals surface area contributed by atoms with Crippen LogP contribution in [0.2, 0.25) is 0 Å². The number of thioether (sulfide) groups is 1. The van der Waals surface area contributed by atoms with Gasteiger partial charge in [-0.25, -0.2) is 19.2 Å². The molecule has 1 heterocycles.